The standard InChI is InChI=1S/C26H38O8/c1-22(2)33-13-25-19(34-22)9-15(27)10-24(25,30)6-4-17-21(25)18(28)11-23(3)16(5-7-26(17,23)31)14-8-20(29)32-12-14/h8,15-19,21,27-28,30-31H,4-7,9-13H2,1-3H3/t15-,16+,17?,18?,19+,21?,23+,24-,25+,26-/m0/s1. The highest BCUT2D eigenvalue weighted by Gasteiger charge is 2.76. The zero-order chi connectivity index (χ0) is 24.3. The SMILES string of the molecule is CC1(C)OC[C@@]23C4C(O)C[C@]5(C)[C@@H](C6=CC(=O)OC6)CC[C@]5(O)C4CC[C@]2(O)C[C@@H](O)C[C@H]3O1. The van der Waals surface area contributed by atoms with Crippen molar-refractivity contribution in [1.82, 2.24) is 0 Å². The van der Waals surface area contributed by atoms with Crippen molar-refractivity contribution in [2.45, 2.75) is 101 Å². The fourth-order valence-corrected chi connectivity index (χ4v) is 9.45. The summed E-state index contributed by atoms with van der Waals surface area (Å²) < 4.78 is 17.7. The Balaban J connectivity index is 1.43. The fourth-order valence-electron chi connectivity index (χ4n) is 9.45. The van der Waals surface area contributed by atoms with E-state index in [-0.39, 0.29) is 37.4 Å². The highest BCUT2D eigenvalue weighted by atomic mass is 16.7. The zero-order valence-corrected chi connectivity index (χ0v) is 20.3. The number of fused-ring (bicyclic) bond motifs is 3. The summed E-state index contributed by atoms with van der Waals surface area (Å²) in [4.78, 5) is 11.8. The van der Waals surface area contributed by atoms with Crippen molar-refractivity contribution in [3.05, 3.63) is 11.6 Å². The first kappa shape index (κ1) is 23.4. The molecule has 8 heteroatoms. The normalized spacial score (nSPS) is 56.0. The van der Waals surface area contributed by atoms with Crippen LogP contribution in [-0.2, 0) is 19.0 Å². The number of carbonyl (C=O) groups is 1. The zero-order valence-electron chi connectivity index (χ0n) is 20.3. The van der Waals surface area contributed by atoms with Crippen LogP contribution in [0.2, 0.25) is 0 Å². The summed E-state index contributed by atoms with van der Waals surface area (Å²) in [6.45, 7) is 6.19. The van der Waals surface area contributed by atoms with Crippen molar-refractivity contribution in [2.24, 2.45) is 28.6 Å². The summed E-state index contributed by atoms with van der Waals surface area (Å²) in [5, 5.41) is 46.9. The van der Waals surface area contributed by atoms with Crippen LogP contribution in [0.25, 0.3) is 0 Å². The highest BCUT2D eigenvalue weighted by molar-refractivity contribution is 5.85. The monoisotopic (exact) mass is 478 g/mol. The lowest BCUT2D eigenvalue weighted by Crippen LogP contribution is -2.78. The molecule has 10 atom stereocenters. The van der Waals surface area contributed by atoms with Gasteiger partial charge in [-0.25, -0.2) is 4.79 Å². The van der Waals surface area contributed by atoms with Gasteiger partial charge in [0.15, 0.2) is 5.79 Å². The molecule has 34 heavy (non-hydrogen) atoms. The smallest absolute Gasteiger partial charge is 0.331 e. The van der Waals surface area contributed by atoms with Crippen LogP contribution >= 0.6 is 0 Å². The van der Waals surface area contributed by atoms with E-state index in [0.717, 1.165) is 12.0 Å². The summed E-state index contributed by atoms with van der Waals surface area (Å²) in [5.74, 6) is -1.91. The largest absolute Gasteiger partial charge is 0.458 e. The summed E-state index contributed by atoms with van der Waals surface area (Å²) >= 11 is 0. The summed E-state index contributed by atoms with van der Waals surface area (Å²) in [6.07, 6.45) is 2.81. The van der Waals surface area contributed by atoms with Crippen LogP contribution in [0, 0.1) is 28.6 Å². The van der Waals surface area contributed by atoms with Gasteiger partial charge in [0.25, 0.3) is 0 Å². The predicted molar refractivity (Wildman–Crippen MR) is 119 cm³/mol. The van der Waals surface area contributed by atoms with Crippen LogP contribution in [0.3, 0.4) is 0 Å². The minimum atomic E-state index is -1.25. The van der Waals surface area contributed by atoms with E-state index in [4.69, 9.17) is 14.2 Å². The highest BCUT2D eigenvalue weighted by Crippen LogP contribution is 2.71. The van der Waals surface area contributed by atoms with E-state index in [2.05, 4.69) is 0 Å². The van der Waals surface area contributed by atoms with Gasteiger partial charge in [0.1, 0.15) is 6.61 Å². The Bertz CT molecular complexity index is 932. The van der Waals surface area contributed by atoms with Gasteiger partial charge in [-0.1, -0.05) is 6.92 Å². The molecule has 1 saturated heterocycles. The average Bonchev–Trinajstić information content (AvgIpc) is 3.26. The molecule has 0 radical (unpaired) electrons. The lowest BCUT2D eigenvalue weighted by molar-refractivity contribution is -0.401. The molecule has 190 valence electrons. The number of carbonyl (C=O) groups excluding carboxylic acids is 1. The molecule has 0 aromatic heterocycles. The molecule has 0 bridgehead atoms. The molecule has 3 unspecified atom stereocenters. The first-order valence-electron chi connectivity index (χ1n) is 12.9. The van der Waals surface area contributed by atoms with Crippen LogP contribution < -0.4 is 0 Å². The first-order chi connectivity index (χ1) is 15.9. The lowest BCUT2D eigenvalue weighted by atomic mass is 9.40. The second-order valence-corrected chi connectivity index (χ2v) is 12.7. The van der Waals surface area contributed by atoms with Crippen molar-refractivity contribution in [3.8, 4) is 0 Å². The van der Waals surface area contributed by atoms with E-state index >= 15 is 0 Å². The van der Waals surface area contributed by atoms with Gasteiger partial charge in [0.2, 0.25) is 0 Å². The average molecular weight is 479 g/mol. The van der Waals surface area contributed by atoms with Crippen LogP contribution in [0.4, 0.5) is 0 Å². The first-order valence-corrected chi connectivity index (χ1v) is 12.9. The van der Waals surface area contributed by atoms with Gasteiger partial charge in [-0.2, -0.15) is 0 Å². The third-order valence-corrected chi connectivity index (χ3v) is 10.8. The van der Waals surface area contributed by atoms with Gasteiger partial charge in [-0.15, -0.1) is 0 Å². The molecule has 2 aliphatic heterocycles. The van der Waals surface area contributed by atoms with Crippen molar-refractivity contribution in [2.75, 3.05) is 13.2 Å². The number of aliphatic hydroxyl groups excluding tert-OH is 2. The van der Waals surface area contributed by atoms with E-state index < -0.39 is 52.0 Å². The molecular formula is C26H38O8. The molecule has 5 fully saturated rings. The van der Waals surface area contributed by atoms with E-state index in [0.29, 0.717) is 32.1 Å². The van der Waals surface area contributed by atoms with Crippen LogP contribution in [-0.4, -0.2) is 74.9 Å². The Labute approximate surface area is 200 Å². The molecule has 4 N–H and O–H groups in total. The third-order valence-electron chi connectivity index (χ3n) is 10.8. The molecule has 4 saturated carbocycles. The number of esters is 1. The molecule has 2 heterocycles. The molecule has 8 nitrogen and oxygen atoms in total. The molecule has 0 aromatic carbocycles. The quantitative estimate of drug-likeness (QED) is 0.417. The van der Waals surface area contributed by atoms with Crippen LogP contribution in [0.1, 0.15) is 65.7 Å². The number of rotatable bonds is 1. The number of ether oxygens (including phenoxy) is 3. The number of aliphatic hydroxyl groups is 4. The summed E-state index contributed by atoms with van der Waals surface area (Å²) in [5.41, 5.74) is -2.92. The minimum absolute atomic E-state index is 0.0420. The number of hydrogen-bond donors (Lipinski definition) is 4. The Morgan fingerprint density at radius 2 is 1.82 bits per heavy atom. The Hall–Kier alpha value is -1.03. The van der Waals surface area contributed by atoms with Gasteiger partial charge < -0.3 is 34.6 Å². The van der Waals surface area contributed by atoms with Gasteiger partial charge in [-0.3, -0.25) is 0 Å². The summed E-state index contributed by atoms with van der Waals surface area (Å²) in [6, 6.07) is 0. The predicted octanol–water partition coefficient (Wildman–Crippen LogP) is 1.43. The second kappa shape index (κ2) is 7.05. The van der Waals surface area contributed by atoms with Gasteiger partial charge >= 0.3 is 5.97 Å². The maximum absolute atomic E-state index is 12.4. The maximum atomic E-state index is 12.4. The Morgan fingerprint density at radius 1 is 1.06 bits per heavy atom. The van der Waals surface area contributed by atoms with Crippen molar-refractivity contribution in [1.29, 1.82) is 0 Å². The Morgan fingerprint density at radius 3 is 2.53 bits per heavy atom. The second-order valence-electron chi connectivity index (χ2n) is 12.7. The maximum Gasteiger partial charge on any atom is 0.331 e. The molecule has 6 rings (SSSR count). The van der Waals surface area contributed by atoms with Gasteiger partial charge in [0.05, 0.1) is 41.5 Å². The fraction of sp³-hybridized carbons (Fsp3) is 0.885. The lowest BCUT2D eigenvalue weighted by Gasteiger charge is -2.70. The molecule has 0 aromatic rings. The van der Waals surface area contributed by atoms with E-state index in [1.165, 1.54) is 0 Å². The molecule has 0 amide bonds. The van der Waals surface area contributed by atoms with Crippen LogP contribution in [0.5, 0.6) is 0 Å². The van der Waals surface area contributed by atoms with Crippen LogP contribution in [0.15, 0.2) is 11.6 Å². The number of hydrogen-bond acceptors (Lipinski definition) is 8. The van der Waals surface area contributed by atoms with Crippen molar-refractivity contribution >= 4 is 5.97 Å². The summed E-state index contributed by atoms with van der Waals surface area (Å²) in [7, 11) is 0. The number of cyclic esters (lactones) is 1. The van der Waals surface area contributed by atoms with E-state index in [1.54, 1.807) is 6.08 Å². The van der Waals surface area contributed by atoms with E-state index in [9.17, 15) is 25.2 Å². The molecule has 6 aliphatic rings. The van der Waals surface area contributed by atoms with E-state index in [1.807, 2.05) is 20.8 Å². The minimum Gasteiger partial charge on any atom is -0.458 e. The molecule has 1 spiro atoms. The van der Waals surface area contributed by atoms with Gasteiger partial charge in [0, 0.05) is 30.3 Å². The topological polar surface area (TPSA) is 126 Å². The van der Waals surface area contributed by atoms with Crippen molar-refractivity contribution in [3.63, 3.8) is 0 Å². The third kappa shape index (κ3) is 2.78. The Kier molecular flexibility index (Phi) is 4.84. The van der Waals surface area contributed by atoms with Crippen molar-refractivity contribution < 1.29 is 39.4 Å². The molecule has 4 aliphatic carbocycles. The van der Waals surface area contributed by atoms with Gasteiger partial charge in [-0.05, 0) is 63.4 Å². The molecular weight excluding hydrogens is 440 g/mol.